The molecule has 22 heavy (non-hydrogen) atoms. The second-order valence-electron chi connectivity index (χ2n) is 6.57. The second kappa shape index (κ2) is 6.30. The molecule has 0 radical (unpaired) electrons. The third-order valence-electron chi connectivity index (χ3n) is 5.04. The van der Waals surface area contributed by atoms with Crippen LogP contribution in [-0.2, 0) is 22.9 Å². The molecule has 2 fully saturated rings. The molecule has 3 rings (SSSR count). The third-order valence-corrected chi connectivity index (χ3v) is 6.56. The normalized spacial score (nSPS) is 28.0. The Hall–Kier alpha value is -0.910. The van der Waals surface area contributed by atoms with Gasteiger partial charge >= 0.3 is 0 Å². The standard InChI is InChI=1S/C17H26N2O2S/c1-3-12-5-8-17(9-13(12)4-2)22(20,21)19-16-10-14-6-7-15(11-16)18-14/h5,8-9,14-16,18-19H,3-4,6-7,10-11H2,1-2H3. The van der Waals surface area contributed by atoms with E-state index in [2.05, 4.69) is 23.9 Å². The Kier molecular flexibility index (Phi) is 4.57. The van der Waals surface area contributed by atoms with Crippen LogP contribution in [0.25, 0.3) is 0 Å². The summed E-state index contributed by atoms with van der Waals surface area (Å²) in [5.41, 5.74) is 2.37. The van der Waals surface area contributed by atoms with Crippen LogP contribution < -0.4 is 10.0 Å². The molecule has 2 N–H and O–H groups in total. The molecule has 2 aliphatic heterocycles. The van der Waals surface area contributed by atoms with Crippen molar-refractivity contribution >= 4 is 10.0 Å². The highest BCUT2D eigenvalue weighted by Gasteiger charge is 2.35. The van der Waals surface area contributed by atoms with Crippen LogP contribution in [0, 0.1) is 0 Å². The van der Waals surface area contributed by atoms with E-state index >= 15 is 0 Å². The summed E-state index contributed by atoms with van der Waals surface area (Å²) < 4.78 is 28.3. The van der Waals surface area contributed by atoms with E-state index in [1.165, 1.54) is 18.4 Å². The first kappa shape index (κ1) is 16.0. The van der Waals surface area contributed by atoms with Gasteiger partial charge in [-0.25, -0.2) is 13.1 Å². The highest BCUT2D eigenvalue weighted by molar-refractivity contribution is 7.89. The van der Waals surface area contributed by atoms with Gasteiger partial charge in [-0.1, -0.05) is 19.9 Å². The van der Waals surface area contributed by atoms with Crippen molar-refractivity contribution in [2.45, 2.75) is 75.4 Å². The largest absolute Gasteiger partial charge is 0.311 e. The first-order valence-electron chi connectivity index (χ1n) is 8.42. The summed E-state index contributed by atoms with van der Waals surface area (Å²) in [5.74, 6) is 0. The number of piperidine rings is 1. The molecular weight excluding hydrogens is 296 g/mol. The van der Waals surface area contributed by atoms with Gasteiger partial charge < -0.3 is 5.32 Å². The van der Waals surface area contributed by atoms with Crippen LogP contribution in [0.15, 0.2) is 23.1 Å². The van der Waals surface area contributed by atoms with Crippen molar-refractivity contribution in [2.24, 2.45) is 0 Å². The number of rotatable bonds is 5. The van der Waals surface area contributed by atoms with Gasteiger partial charge in [0.15, 0.2) is 0 Å². The number of nitrogens with one attached hydrogen (secondary N) is 2. The molecular formula is C17H26N2O2S. The number of sulfonamides is 1. The molecule has 5 heteroatoms. The molecule has 2 saturated heterocycles. The maximum Gasteiger partial charge on any atom is 0.240 e. The molecule has 0 saturated carbocycles. The lowest BCUT2D eigenvalue weighted by Crippen LogP contribution is -2.47. The van der Waals surface area contributed by atoms with Gasteiger partial charge in [0.25, 0.3) is 0 Å². The zero-order valence-corrected chi connectivity index (χ0v) is 14.2. The SMILES string of the molecule is CCc1ccc(S(=O)(=O)NC2CC3CCC(C2)N3)cc1CC. The van der Waals surface area contributed by atoms with Crippen molar-refractivity contribution in [3.63, 3.8) is 0 Å². The molecule has 1 aromatic carbocycles. The molecule has 122 valence electrons. The highest BCUT2D eigenvalue weighted by Crippen LogP contribution is 2.28. The number of hydrogen-bond donors (Lipinski definition) is 2. The molecule has 2 aliphatic rings. The minimum Gasteiger partial charge on any atom is -0.311 e. The van der Waals surface area contributed by atoms with Gasteiger partial charge in [-0.2, -0.15) is 0 Å². The average Bonchev–Trinajstić information content (AvgIpc) is 2.85. The van der Waals surface area contributed by atoms with Crippen LogP contribution in [0.1, 0.15) is 50.7 Å². The quantitative estimate of drug-likeness (QED) is 0.875. The van der Waals surface area contributed by atoms with Crippen molar-refractivity contribution in [1.82, 2.24) is 10.0 Å². The highest BCUT2D eigenvalue weighted by atomic mass is 32.2. The van der Waals surface area contributed by atoms with E-state index < -0.39 is 10.0 Å². The minimum absolute atomic E-state index is 0.0691. The zero-order valence-electron chi connectivity index (χ0n) is 13.4. The van der Waals surface area contributed by atoms with Crippen molar-refractivity contribution in [2.75, 3.05) is 0 Å². The molecule has 0 aliphatic carbocycles. The predicted octanol–water partition coefficient (Wildman–Crippen LogP) is 2.37. The van der Waals surface area contributed by atoms with Crippen LogP contribution in [0.5, 0.6) is 0 Å². The van der Waals surface area contributed by atoms with E-state index in [0.29, 0.717) is 17.0 Å². The predicted molar refractivity (Wildman–Crippen MR) is 88.5 cm³/mol. The first-order valence-corrected chi connectivity index (χ1v) is 9.90. The maximum atomic E-state index is 12.7. The third kappa shape index (κ3) is 3.21. The van der Waals surface area contributed by atoms with E-state index in [9.17, 15) is 8.42 Å². The van der Waals surface area contributed by atoms with Gasteiger partial charge in [0.1, 0.15) is 0 Å². The maximum absolute atomic E-state index is 12.7. The monoisotopic (exact) mass is 322 g/mol. The van der Waals surface area contributed by atoms with Crippen LogP contribution in [0.3, 0.4) is 0 Å². The van der Waals surface area contributed by atoms with Crippen molar-refractivity contribution in [3.8, 4) is 0 Å². The fourth-order valence-electron chi connectivity index (χ4n) is 3.88. The Morgan fingerprint density at radius 2 is 1.73 bits per heavy atom. The molecule has 0 aromatic heterocycles. The molecule has 0 amide bonds. The lowest BCUT2D eigenvalue weighted by molar-refractivity contribution is 0.345. The van der Waals surface area contributed by atoms with Crippen LogP contribution in [-0.4, -0.2) is 26.5 Å². The van der Waals surface area contributed by atoms with Gasteiger partial charge in [-0.05, 0) is 61.8 Å². The van der Waals surface area contributed by atoms with E-state index in [1.807, 2.05) is 12.1 Å². The number of aryl methyl sites for hydroxylation is 2. The Bertz CT molecular complexity index is 630. The summed E-state index contributed by atoms with van der Waals surface area (Å²) in [6.45, 7) is 4.18. The Morgan fingerprint density at radius 3 is 2.32 bits per heavy atom. The summed E-state index contributed by atoms with van der Waals surface area (Å²) >= 11 is 0. The fraction of sp³-hybridized carbons (Fsp3) is 0.647. The van der Waals surface area contributed by atoms with E-state index in [4.69, 9.17) is 0 Å². The molecule has 0 spiro atoms. The van der Waals surface area contributed by atoms with Gasteiger partial charge in [-0.15, -0.1) is 0 Å². The van der Waals surface area contributed by atoms with Gasteiger partial charge in [0, 0.05) is 18.1 Å². The van der Waals surface area contributed by atoms with Crippen LogP contribution in [0.2, 0.25) is 0 Å². The molecule has 2 atom stereocenters. The number of benzene rings is 1. The Morgan fingerprint density at radius 1 is 1.09 bits per heavy atom. The molecule has 2 unspecified atom stereocenters. The van der Waals surface area contributed by atoms with Crippen molar-refractivity contribution < 1.29 is 8.42 Å². The van der Waals surface area contributed by atoms with Crippen LogP contribution in [0.4, 0.5) is 0 Å². The van der Waals surface area contributed by atoms with E-state index in [-0.39, 0.29) is 6.04 Å². The van der Waals surface area contributed by atoms with Gasteiger partial charge in [0.2, 0.25) is 10.0 Å². The van der Waals surface area contributed by atoms with Crippen molar-refractivity contribution in [1.29, 1.82) is 0 Å². The smallest absolute Gasteiger partial charge is 0.240 e. The summed E-state index contributed by atoms with van der Waals surface area (Å²) in [5, 5.41) is 3.54. The number of hydrogen-bond acceptors (Lipinski definition) is 3. The first-order chi connectivity index (χ1) is 10.5. The van der Waals surface area contributed by atoms with Gasteiger partial charge in [0.05, 0.1) is 4.90 Å². The molecule has 2 bridgehead atoms. The van der Waals surface area contributed by atoms with Crippen molar-refractivity contribution in [3.05, 3.63) is 29.3 Å². The lowest BCUT2D eigenvalue weighted by Gasteiger charge is -2.29. The summed E-state index contributed by atoms with van der Waals surface area (Å²) in [6, 6.07) is 6.59. The van der Waals surface area contributed by atoms with Gasteiger partial charge in [-0.3, -0.25) is 0 Å². The topological polar surface area (TPSA) is 58.2 Å². The number of fused-ring (bicyclic) bond motifs is 2. The molecule has 2 heterocycles. The molecule has 4 nitrogen and oxygen atoms in total. The summed E-state index contributed by atoms with van der Waals surface area (Å²) in [7, 11) is -3.41. The Labute approximate surface area is 133 Å². The van der Waals surface area contributed by atoms with E-state index in [0.717, 1.165) is 31.2 Å². The fourth-order valence-corrected chi connectivity index (χ4v) is 5.20. The summed E-state index contributed by atoms with van der Waals surface area (Å²) in [6.07, 6.45) is 5.97. The average molecular weight is 322 g/mol. The molecule has 1 aromatic rings. The summed E-state index contributed by atoms with van der Waals surface area (Å²) in [4.78, 5) is 0.410. The second-order valence-corrected chi connectivity index (χ2v) is 8.28. The zero-order chi connectivity index (χ0) is 15.7. The lowest BCUT2D eigenvalue weighted by atomic mass is 10.0. The van der Waals surface area contributed by atoms with E-state index in [1.54, 1.807) is 6.07 Å². The van der Waals surface area contributed by atoms with Crippen LogP contribution >= 0.6 is 0 Å². The Balaban J connectivity index is 1.78. The minimum atomic E-state index is -3.41.